The molecule has 19 heavy (non-hydrogen) atoms. The van der Waals surface area contributed by atoms with Gasteiger partial charge in [0.25, 0.3) is 0 Å². The van der Waals surface area contributed by atoms with Gasteiger partial charge in [-0.15, -0.1) is 5.23 Å². The summed E-state index contributed by atoms with van der Waals surface area (Å²) in [5.74, 6) is 0. The molecular formula is C11H14F3NO4. The largest absolute Gasteiger partial charge is 0.416 e. The number of nitrogens with zero attached hydrogens (tertiary/aromatic N) is 1. The molecule has 0 spiro atoms. The van der Waals surface area contributed by atoms with Gasteiger partial charge in [0.2, 0.25) is 0 Å². The molecule has 0 aliphatic heterocycles. The van der Waals surface area contributed by atoms with Crippen LogP contribution in [0.25, 0.3) is 0 Å². The first kappa shape index (κ1) is 15.7. The highest BCUT2D eigenvalue weighted by Gasteiger charge is 2.31. The van der Waals surface area contributed by atoms with Crippen LogP contribution in [0.4, 0.5) is 18.9 Å². The molecule has 1 aromatic rings. The van der Waals surface area contributed by atoms with Crippen LogP contribution in [0.2, 0.25) is 0 Å². The van der Waals surface area contributed by atoms with Crippen molar-refractivity contribution < 1.29 is 33.1 Å². The fourth-order valence-corrected chi connectivity index (χ4v) is 1.23. The normalized spacial score (nSPS) is 11.6. The molecule has 0 aromatic heterocycles. The average Bonchev–Trinajstić information content (AvgIpc) is 2.38. The topological polar surface area (TPSA) is 62.2 Å². The molecule has 0 aliphatic carbocycles. The highest BCUT2D eigenvalue weighted by atomic mass is 19.4. The van der Waals surface area contributed by atoms with E-state index in [0.29, 0.717) is 0 Å². The Balaban J connectivity index is 2.88. The van der Waals surface area contributed by atoms with E-state index in [1.165, 1.54) is 12.1 Å². The van der Waals surface area contributed by atoms with E-state index < -0.39 is 11.7 Å². The zero-order chi connectivity index (χ0) is 14.3. The van der Waals surface area contributed by atoms with Gasteiger partial charge in [0.15, 0.2) is 0 Å². The molecule has 1 rings (SSSR count). The molecule has 0 amide bonds. The number of hydrogen-bond acceptors (Lipinski definition) is 5. The van der Waals surface area contributed by atoms with Gasteiger partial charge in [0.1, 0.15) is 13.2 Å². The maximum atomic E-state index is 12.6. The van der Waals surface area contributed by atoms with Crippen LogP contribution in [0.1, 0.15) is 5.56 Å². The highest BCUT2D eigenvalue weighted by Crippen LogP contribution is 2.31. The van der Waals surface area contributed by atoms with Crippen molar-refractivity contribution in [2.75, 3.05) is 31.7 Å². The average molecular weight is 281 g/mol. The van der Waals surface area contributed by atoms with E-state index in [1.807, 2.05) is 0 Å². The van der Waals surface area contributed by atoms with Gasteiger partial charge in [0, 0.05) is 0 Å². The molecule has 5 nitrogen and oxygen atoms in total. The molecule has 0 fully saturated rings. The van der Waals surface area contributed by atoms with E-state index in [2.05, 4.69) is 0 Å². The molecule has 0 aliphatic rings. The van der Waals surface area contributed by atoms with Gasteiger partial charge in [-0.25, -0.2) is 9.68 Å². The van der Waals surface area contributed by atoms with E-state index in [-0.39, 0.29) is 32.1 Å². The molecular weight excluding hydrogens is 267 g/mol. The highest BCUT2D eigenvalue weighted by molar-refractivity contribution is 5.45. The SMILES string of the molecule is OCCON(OCCO)c1cccc(C(F)(F)F)c1. The summed E-state index contributed by atoms with van der Waals surface area (Å²) >= 11 is 0. The third-order valence-electron chi connectivity index (χ3n) is 1.98. The lowest BCUT2D eigenvalue weighted by molar-refractivity contribution is -0.137. The summed E-state index contributed by atoms with van der Waals surface area (Å²) in [5, 5.41) is 18.0. The predicted molar refractivity (Wildman–Crippen MR) is 60.0 cm³/mol. The number of hydrogen-bond donors (Lipinski definition) is 2. The van der Waals surface area contributed by atoms with Crippen molar-refractivity contribution in [2.24, 2.45) is 0 Å². The fraction of sp³-hybridized carbons (Fsp3) is 0.455. The molecule has 8 heteroatoms. The van der Waals surface area contributed by atoms with Crippen LogP contribution in [0.3, 0.4) is 0 Å². The van der Waals surface area contributed by atoms with Crippen molar-refractivity contribution in [2.45, 2.75) is 6.18 Å². The lowest BCUT2D eigenvalue weighted by Crippen LogP contribution is -2.27. The van der Waals surface area contributed by atoms with Crippen LogP contribution in [-0.4, -0.2) is 36.6 Å². The summed E-state index contributed by atoms with van der Waals surface area (Å²) in [6.07, 6.45) is -4.48. The lowest BCUT2D eigenvalue weighted by atomic mass is 10.2. The quantitative estimate of drug-likeness (QED) is 0.739. The Morgan fingerprint density at radius 2 is 1.63 bits per heavy atom. The number of aliphatic hydroxyl groups excluding tert-OH is 2. The van der Waals surface area contributed by atoms with E-state index in [4.69, 9.17) is 19.9 Å². The Kier molecular flexibility index (Phi) is 6.03. The van der Waals surface area contributed by atoms with Crippen LogP contribution >= 0.6 is 0 Å². The molecule has 0 atom stereocenters. The van der Waals surface area contributed by atoms with Crippen molar-refractivity contribution >= 4 is 5.69 Å². The Morgan fingerprint density at radius 3 is 2.11 bits per heavy atom. The van der Waals surface area contributed by atoms with Gasteiger partial charge < -0.3 is 10.2 Å². The first-order chi connectivity index (χ1) is 8.99. The summed E-state index contributed by atoms with van der Waals surface area (Å²) in [7, 11) is 0. The van der Waals surface area contributed by atoms with Gasteiger partial charge in [0.05, 0.1) is 24.5 Å². The minimum absolute atomic E-state index is 0.0109. The zero-order valence-corrected chi connectivity index (χ0v) is 9.93. The third kappa shape index (κ3) is 5.03. The number of anilines is 1. The van der Waals surface area contributed by atoms with Gasteiger partial charge >= 0.3 is 6.18 Å². The predicted octanol–water partition coefficient (Wildman–Crippen LogP) is 1.36. The van der Waals surface area contributed by atoms with Crippen LogP contribution in [-0.2, 0) is 15.9 Å². The number of alkyl halides is 3. The van der Waals surface area contributed by atoms with Crippen molar-refractivity contribution in [3.05, 3.63) is 29.8 Å². The minimum Gasteiger partial charge on any atom is -0.394 e. The Bertz CT molecular complexity index is 378. The number of aliphatic hydroxyl groups is 2. The lowest BCUT2D eigenvalue weighted by Gasteiger charge is -2.22. The van der Waals surface area contributed by atoms with Crippen molar-refractivity contribution in [3.63, 3.8) is 0 Å². The molecule has 0 heterocycles. The van der Waals surface area contributed by atoms with E-state index in [0.717, 1.165) is 17.4 Å². The smallest absolute Gasteiger partial charge is 0.394 e. The van der Waals surface area contributed by atoms with Crippen molar-refractivity contribution in [1.29, 1.82) is 0 Å². The van der Waals surface area contributed by atoms with Gasteiger partial charge in [-0.3, -0.25) is 0 Å². The molecule has 0 saturated carbocycles. The Labute approximate surface area is 107 Å². The van der Waals surface area contributed by atoms with Crippen molar-refractivity contribution in [1.82, 2.24) is 0 Å². The number of halogens is 3. The van der Waals surface area contributed by atoms with E-state index in [9.17, 15) is 13.2 Å². The second kappa shape index (κ2) is 7.29. The number of rotatable bonds is 7. The second-order valence-corrected chi connectivity index (χ2v) is 3.42. The van der Waals surface area contributed by atoms with Crippen LogP contribution in [0.5, 0.6) is 0 Å². The summed E-state index contributed by atoms with van der Waals surface area (Å²) in [6.45, 7) is -0.945. The van der Waals surface area contributed by atoms with E-state index in [1.54, 1.807) is 0 Å². The number of benzene rings is 1. The van der Waals surface area contributed by atoms with Gasteiger partial charge in [-0.2, -0.15) is 13.2 Å². The maximum absolute atomic E-state index is 12.6. The second-order valence-electron chi connectivity index (χ2n) is 3.42. The fourth-order valence-electron chi connectivity index (χ4n) is 1.23. The van der Waals surface area contributed by atoms with Gasteiger partial charge in [-0.05, 0) is 18.2 Å². The molecule has 0 unspecified atom stereocenters. The Morgan fingerprint density at radius 1 is 1.05 bits per heavy atom. The minimum atomic E-state index is -4.48. The van der Waals surface area contributed by atoms with E-state index >= 15 is 0 Å². The third-order valence-corrected chi connectivity index (χ3v) is 1.98. The van der Waals surface area contributed by atoms with Crippen LogP contribution in [0, 0.1) is 0 Å². The molecule has 108 valence electrons. The first-order valence-corrected chi connectivity index (χ1v) is 5.44. The summed E-state index contributed by atoms with van der Waals surface area (Å²) < 4.78 is 37.7. The summed E-state index contributed by atoms with van der Waals surface area (Å²) in [5.41, 5.74) is -0.841. The Hall–Kier alpha value is -1.35. The van der Waals surface area contributed by atoms with Crippen LogP contribution in [0.15, 0.2) is 24.3 Å². The first-order valence-electron chi connectivity index (χ1n) is 5.44. The van der Waals surface area contributed by atoms with Crippen molar-refractivity contribution in [3.8, 4) is 0 Å². The molecule has 1 aromatic carbocycles. The summed E-state index contributed by atoms with van der Waals surface area (Å²) in [4.78, 5) is 9.86. The molecule has 0 bridgehead atoms. The molecule has 0 radical (unpaired) electrons. The standard InChI is InChI=1S/C11H14F3NO4/c12-11(13,14)9-2-1-3-10(8-9)15(18-6-4-16)19-7-5-17/h1-3,8,16-17H,4-7H2. The molecule has 2 N–H and O–H groups in total. The monoisotopic (exact) mass is 281 g/mol. The van der Waals surface area contributed by atoms with Gasteiger partial charge in [-0.1, -0.05) is 6.07 Å². The molecule has 0 saturated heterocycles. The summed E-state index contributed by atoms with van der Waals surface area (Å²) in [6, 6.07) is 4.31. The zero-order valence-electron chi connectivity index (χ0n) is 9.93. The maximum Gasteiger partial charge on any atom is 0.416 e. The van der Waals surface area contributed by atoms with Crippen LogP contribution < -0.4 is 5.23 Å².